The van der Waals surface area contributed by atoms with Gasteiger partial charge in [-0.05, 0) is 24.3 Å². The fourth-order valence-electron chi connectivity index (χ4n) is 1.53. The molecule has 5 nitrogen and oxygen atoms in total. The molecule has 5 heteroatoms. The van der Waals surface area contributed by atoms with Gasteiger partial charge in [-0.25, -0.2) is 0 Å². The van der Waals surface area contributed by atoms with Gasteiger partial charge in [0.25, 0.3) is 0 Å². The molecule has 0 saturated heterocycles. The summed E-state index contributed by atoms with van der Waals surface area (Å²) in [6, 6.07) is 8.81. The van der Waals surface area contributed by atoms with Gasteiger partial charge in [0.2, 0.25) is 0 Å². The SMILES string of the molecule is C=CCN(CCOc1ccc(C#N)cc1)CC(=O)O. The van der Waals surface area contributed by atoms with Crippen molar-refractivity contribution < 1.29 is 14.6 Å². The van der Waals surface area contributed by atoms with Crippen LogP contribution in [0.4, 0.5) is 0 Å². The molecule has 0 aromatic heterocycles. The number of nitriles is 1. The molecule has 1 rings (SSSR count). The smallest absolute Gasteiger partial charge is 0.317 e. The van der Waals surface area contributed by atoms with E-state index >= 15 is 0 Å². The highest BCUT2D eigenvalue weighted by Crippen LogP contribution is 2.11. The van der Waals surface area contributed by atoms with Crippen LogP contribution < -0.4 is 4.74 Å². The molecule has 0 fully saturated rings. The van der Waals surface area contributed by atoms with E-state index in [1.54, 1.807) is 35.2 Å². The van der Waals surface area contributed by atoms with Gasteiger partial charge < -0.3 is 9.84 Å². The summed E-state index contributed by atoms with van der Waals surface area (Å²) in [7, 11) is 0. The molecule has 19 heavy (non-hydrogen) atoms. The minimum Gasteiger partial charge on any atom is -0.492 e. The Hall–Kier alpha value is -2.32. The summed E-state index contributed by atoms with van der Waals surface area (Å²) >= 11 is 0. The molecule has 0 bridgehead atoms. The predicted octanol–water partition coefficient (Wildman–Crippen LogP) is 1.51. The summed E-state index contributed by atoms with van der Waals surface area (Å²) < 4.78 is 5.49. The molecule has 1 aromatic rings. The highest BCUT2D eigenvalue weighted by molar-refractivity contribution is 5.69. The average Bonchev–Trinajstić information content (AvgIpc) is 2.39. The molecule has 0 spiro atoms. The lowest BCUT2D eigenvalue weighted by Crippen LogP contribution is -2.33. The van der Waals surface area contributed by atoms with Crippen LogP contribution in [-0.4, -0.2) is 42.2 Å². The molecule has 0 radical (unpaired) electrons. The van der Waals surface area contributed by atoms with Crippen LogP contribution in [0.3, 0.4) is 0 Å². The van der Waals surface area contributed by atoms with E-state index in [0.29, 0.717) is 31.0 Å². The zero-order valence-electron chi connectivity index (χ0n) is 10.6. The Morgan fingerprint density at radius 2 is 2.16 bits per heavy atom. The molecule has 1 aromatic carbocycles. The Kier molecular flexibility index (Phi) is 6.13. The van der Waals surface area contributed by atoms with Crippen molar-refractivity contribution >= 4 is 5.97 Å². The maximum atomic E-state index is 10.6. The fraction of sp³-hybridized carbons (Fsp3) is 0.286. The summed E-state index contributed by atoms with van der Waals surface area (Å²) in [6.07, 6.45) is 1.66. The number of carboxylic acid groups (broad SMARTS) is 1. The minimum absolute atomic E-state index is 0.0389. The normalized spacial score (nSPS) is 9.89. The Labute approximate surface area is 112 Å². The molecular weight excluding hydrogens is 244 g/mol. The van der Waals surface area contributed by atoms with Crippen LogP contribution in [-0.2, 0) is 4.79 Å². The van der Waals surface area contributed by atoms with Crippen molar-refractivity contribution in [3.63, 3.8) is 0 Å². The van der Waals surface area contributed by atoms with Crippen LogP contribution >= 0.6 is 0 Å². The lowest BCUT2D eigenvalue weighted by Gasteiger charge is -2.18. The maximum Gasteiger partial charge on any atom is 0.317 e. The van der Waals surface area contributed by atoms with Crippen molar-refractivity contribution in [2.75, 3.05) is 26.2 Å². The van der Waals surface area contributed by atoms with Crippen molar-refractivity contribution in [1.29, 1.82) is 5.26 Å². The van der Waals surface area contributed by atoms with Crippen LogP contribution in [0.1, 0.15) is 5.56 Å². The van der Waals surface area contributed by atoms with Crippen LogP contribution in [0.25, 0.3) is 0 Å². The molecule has 0 saturated carbocycles. The Morgan fingerprint density at radius 1 is 1.47 bits per heavy atom. The van der Waals surface area contributed by atoms with Crippen molar-refractivity contribution in [2.24, 2.45) is 0 Å². The standard InChI is InChI=1S/C14H16N2O3/c1-2-7-16(11-14(17)18)8-9-19-13-5-3-12(10-15)4-6-13/h2-6H,1,7-9,11H2,(H,17,18). The minimum atomic E-state index is -0.875. The summed E-state index contributed by atoms with van der Waals surface area (Å²) in [5.41, 5.74) is 0.575. The van der Waals surface area contributed by atoms with Gasteiger partial charge in [0.15, 0.2) is 0 Å². The number of ether oxygens (including phenoxy) is 1. The largest absolute Gasteiger partial charge is 0.492 e. The molecule has 0 aliphatic rings. The van der Waals surface area contributed by atoms with Gasteiger partial charge in [0.1, 0.15) is 12.4 Å². The zero-order chi connectivity index (χ0) is 14.1. The van der Waals surface area contributed by atoms with Gasteiger partial charge in [-0.2, -0.15) is 5.26 Å². The van der Waals surface area contributed by atoms with E-state index < -0.39 is 5.97 Å². The van der Waals surface area contributed by atoms with E-state index in [1.165, 1.54) is 0 Å². The maximum absolute atomic E-state index is 10.6. The third-order valence-electron chi connectivity index (χ3n) is 2.41. The average molecular weight is 260 g/mol. The molecule has 100 valence electrons. The second-order valence-corrected chi connectivity index (χ2v) is 3.90. The van der Waals surface area contributed by atoms with Crippen LogP contribution in [0.5, 0.6) is 5.75 Å². The lowest BCUT2D eigenvalue weighted by molar-refractivity contribution is -0.138. The zero-order valence-corrected chi connectivity index (χ0v) is 10.6. The van der Waals surface area contributed by atoms with Gasteiger partial charge in [0, 0.05) is 13.1 Å². The number of carboxylic acids is 1. The molecule has 0 amide bonds. The van der Waals surface area contributed by atoms with Gasteiger partial charge in [-0.3, -0.25) is 9.69 Å². The van der Waals surface area contributed by atoms with Gasteiger partial charge in [-0.15, -0.1) is 6.58 Å². The Balaban J connectivity index is 2.40. The van der Waals surface area contributed by atoms with E-state index in [0.717, 1.165) is 0 Å². The summed E-state index contributed by atoms with van der Waals surface area (Å²) in [4.78, 5) is 12.4. The lowest BCUT2D eigenvalue weighted by atomic mass is 10.2. The first-order valence-electron chi connectivity index (χ1n) is 5.83. The van der Waals surface area contributed by atoms with E-state index in [1.807, 2.05) is 6.07 Å². The first kappa shape index (κ1) is 14.7. The van der Waals surface area contributed by atoms with E-state index in [9.17, 15) is 4.79 Å². The second-order valence-electron chi connectivity index (χ2n) is 3.90. The molecule has 0 unspecified atom stereocenters. The summed E-state index contributed by atoms with van der Waals surface area (Å²) in [5, 5.41) is 17.4. The highest BCUT2D eigenvalue weighted by atomic mass is 16.5. The number of hydrogen-bond donors (Lipinski definition) is 1. The van der Waals surface area contributed by atoms with Crippen molar-refractivity contribution in [2.45, 2.75) is 0 Å². The molecular formula is C14H16N2O3. The molecule has 0 aliphatic carbocycles. The number of nitrogens with zero attached hydrogens (tertiary/aromatic N) is 2. The van der Waals surface area contributed by atoms with E-state index in [4.69, 9.17) is 15.1 Å². The first-order valence-corrected chi connectivity index (χ1v) is 5.83. The van der Waals surface area contributed by atoms with E-state index in [-0.39, 0.29) is 6.54 Å². The molecule has 0 atom stereocenters. The van der Waals surface area contributed by atoms with Gasteiger partial charge in [-0.1, -0.05) is 6.08 Å². The van der Waals surface area contributed by atoms with Gasteiger partial charge in [0.05, 0.1) is 18.2 Å². The number of hydrogen-bond acceptors (Lipinski definition) is 4. The van der Waals surface area contributed by atoms with Gasteiger partial charge >= 0.3 is 5.97 Å². The van der Waals surface area contributed by atoms with Crippen LogP contribution in [0.15, 0.2) is 36.9 Å². The predicted molar refractivity (Wildman–Crippen MR) is 70.9 cm³/mol. The number of carbonyl (C=O) groups is 1. The number of aliphatic carboxylic acids is 1. The van der Waals surface area contributed by atoms with Crippen molar-refractivity contribution in [1.82, 2.24) is 4.90 Å². The molecule has 0 aliphatic heterocycles. The Bertz CT molecular complexity index is 463. The molecule has 1 N–H and O–H groups in total. The van der Waals surface area contributed by atoms with Crippen LogP contribution in [0.2, 0.25) is 0 Å². The Morgan fingerprint density at radius 3 is 2.68 bits per heavy atom. The third kappa shape index (κ3) is 5.70. The summed E-state index contributed by atoms with van der Waals surface area (Å²) in [6.45, 7) is 4.93. The second kappa shape index (κ2) is 7.90. The third-order valence-corrected chi connectivity index (χ3v) is 2.41. The van der Waals surface area contributed by atoms with Crippen molar-refractivity contribution in [3.8, 4) is 11.8 Å². The van der Waals surface area contributed by atoms with E-state index in [2.05, 4.69) is 6.58 Å². The highest BCUT2D eigenvalue weighted by Gasteiger charge is 2.07. The van der Waals surface area contributed by atoms with Crippen LogP contribution in [0, 0.1) is 11.3 Å². The quantitative estimate of drug-likeness (QED) is 0.717. The monoisotopic (exact) mass is 260 g/mol. The van der Waals surface area contributed by atoms with Crippen molar-refractivity contribution in [3.05, 3.63) is 42.5 Å². The number of rotatable bonds is 8. The number of benzene rings is 1. The fourth-order valence-corrected chi connectivity index (χ4v) is 1.53. The summed E-state index contributed by atoms with van der Waals surface area (Å²) in [5.74, 6) is -0.215. The topological polar surface area (TPSA) is 73.6 Å². The first-order chi connectivity index (χ1) is 9.15. The molecule has 0 heterocycles.